The van der Waals surface area contributed by atoms with Gasteiger partial charge in [0.1, 0.15) is 17.2 Å². The molecule has 0 aromatic rings. The second-order valence-electron chi connectivity index (χ2n) is 15.0. The van der Waals surface area contributed by atoms with E-state index < -0.39 is 77.1 Å². The minimum atomic E-state index is -5.89. The lowest BCUT2D eigenvalue weighted by atomic mass is 9.78. The highest BCUT2D eigenvalue weighted by atomic mass is 19.4. The van der Waals surface area contributed by atoms with Crippen LogP contribution in [-0.4, -0.2) is 85.5 Å². The summed E-state index contributed by atoms with van der Waals surface area (Å²) in [5.74, 6) is -4.98. The molecule has 5 atom stereocenters. The van der Waals surface area contributed by atoms with Gasteiger partial charge >= 0.3 is 18.0 Å². The van der Waals surface area contributed by atoms with Gasteiger partial charge in [-0.25, -0.2) is 8.78 Å². The van der Waals surface area contributed by atoms with Crippen molar-refractivity contribution in [3.8, 4) is 0 Å². The van der Waals surface area contributed by atoms with E-state index >= 15 is 4.39 Å². The molecule has 0 saturated heterocycles. The summed E-state index contributed by atoms with van der Waals surface area (Å²) in [5, 5.41) is 2.12. The van der Waals surface area contributed by atoms with Crippen LogP contribution < -0.4 is 5.32 Å². The highest BCUT2D eigenvalue weighted by molar-refractivity contribution is 5.88. The van der Waals surface area contributed by atoms with E-state index in [0.29, 0.717) is 26.9 Å². The van der Waals surface area contributed by atoms with Crippen molar-refractivity contribution in [3.05, 3.63) is 0 Å². The van der Waals surface area contributed by atoms with Crippen LogP contribution in [0, 0.1) is 11.3 Å². The molecule has 0 aromatic carbocycles. The molecule has 0 saturated carbocycles. The van der Waals surface area contributed by atoms with Crippen molar-refractivity contribution < 1.29 is 58.9 Å². The van der Waals surface area contributed by atoms with Gasteiger partial charge in [-0.1, -0.05) is 27.7 Å². The van der Waals surface area contributed by atoms with Gasteiger partial charge in [0.15, 0.2) is 0 Å². The number of methoxy groups -OCH3 is 1. The third-order valence-corrected chi connectivity index (χ3v) is 8.25. The summed E-state index contributed by atoms with van der Waals surface area (Å²) in [4.78, 5) is 13.3. The molecule has 0 spiro atoms. The first-order valence-corrected chi connectivity index (χ1v) is 15.6. The first-order chi connectivity index (χ1) is 20.4. The average Bonchev–Trinajstić information content (AvgIpc) is 2.83. The van der Waals surface area contributed by atoms with Gasteiger partial charge in [0.05, 0.1) is 37.6 Å². The number of alkyl halides is 8. The van der Waals surface area contributed by atoms with Crippen LogP contribution in [0.2, 0.25) is 0 Å². The maximum absolute atomic E-state index is 16.3. The highest BCUT2D eigenvalue weighted by Crippen LogP contribution is 2.48. The Bertz CT molecular complexity index is 952. The number of carbonyl (C=O) groups excluding carboxylic acids is 1. The van der Waals surface area contributed by atoms with Crippen molar-refractivity contribution in [3.63, 3.8) is 0 Å². The molecule has 0 fully saturated rings. The third kappa shape index (κ3) is 12.7. The molecule has 6 nitrogen and oxygen atoms in total. The number of hydrogen-bond acceptors (Lipinski definition) is 5. The van der Waals surface area contributed by atoms with E-state index in [1.807, 2.05) is 27.7 Å². The summed E-state index contributed by atoms with van der Waals surface area (Å²) < 4.78 is 138. The summed E-state index contributed by atoms with van der Waals surface area (Å²) in [5.41, 5.74) is -13.7. The zero-order valence-electron chi connectivity index (χ0n) is 29.7. The molecule has 0 radical (unpaired) electrons. The van der Waals surface area contributed by atoms with E-state index in [1.54, 1.807) is 21.0 Å². The molecule has 0 aliphatic rings. The van der Waals surface area contributed by atoms with E-state index in [2.05, 4.69) is 5.32 Å². The summed E-state index contributed by atoms with van der Waals surface area (Å²) in [6.45, 7) is 16.0. The molecule has 1 N–H and O–H groups in total. The zero-order valence-corrected chi connectivity index (χ0v) is 29.7. The molecule has 14 heteroatoms. The fraction of sp³-hybridized carbons (Fsp3) is 0.969. The van der Waals surface area contributed by atoms with Crippen molar-refractivity contribution in [1.29, 1.82) is 0 Å². The summed E-state index contributed by atoms with van der Waals surface area (Å²) in [6.07, 6.45) is -12.4. The van der Waals surface area contributed by atoms with Crippen molar-refractivity contribution >= 4 is 5.91 Å². The van der Waals surface area contributed by atoms with Crippen molar-refractivity contribution in [1.82, 2.24) is 5.32 Å². The SMILES string of the molecule is CCC(C)(F)C(COC(C)(CC)C(F)(C(=O)NC(C)(C)CC(C)(C)COC(C)(C)CC(COC)OC(C)C)C(F)(F)F)C(F)(F)F. The van der Waals surface area contributed by atoms with Gasteiger partial charge in [0, 0.05) is 19.1 Å². The van der Waals surface area contributed by atoms with Crippen LogP contribution in [-0.2, 0) is 23.7 Å². The normalized spacial score (nSPS) is 19.3. The standard InChI is InChI=1S/C32H57F8NO5/c1-14-28(11,33)23(31(35,36)37)18-44-29(12,15-2)30(34,32(38,39)40)24(42)41-26(7,8)19-25(5,6)20-45-27(9,10)16-22(17-43-13)46-21(3)4/h21-23H,14-20H2,1-13H3,(H,41,42). The molecular formula is C32H57F8NO5. The monoisotopic (exact) mass is 687 g/mol. The Morgan fingerprint density at radius 1 is 0.783 bits per heavy atom. The predicted molar refractivity (Wildman–Crippen MR) is 161 cm³/mol. The molecule has 0 aliphatic heterocycles. The lowest BCUT2D eigenvalue weighted by molar-refractivity contribution is -0.296. The van der Waals surface area contributed by atoms with E-state index in [-0.39, 0.29) is 25.2 Å². The fourth-order valence-corrected chi connectivity index (χ4v) is 5.64. The van der Waals surface area contributed by atoms with Crippen LogP contribution in [0.25, 0.3) is 0 Å². The van der Waals surface area contributed by atoms with E-state index in [4.69, 9.17) is 18.9 Å². The number of ether oxygens (including phenoxy) is 4. The molecule has 0 aliphatic carbocycles. The van der Waals surface area contributed by atoms with Crippen LogP contribution in [0.4, 0.5) is 35.1 Å². The van der Waals surface area contributed by atoms with Gasteiger partial charge < -0.3 is 24.3 Å². The number of amides is 1. The molecular weight excluding hydrogens is 630 g/mol. The topological polar surface area (TPSA) is 66.0 Å². The Morgan fingerprint density at radius 2 is 1.30 bits per heavy atom. The number of nitrogens with one attached hydrogen (secondary N) is 1. The number of carbonyl (C=O) groups is 1. The minimum Gasteiger partial charge on any atom is -0.382 e. The Kier molecular flexibility index (Phi) is 15.5. The second kappa shape index (κ2) is 16.0. The quantitative estimate of drug-likeness (QED) is 0.130. The smallest absolute Gasteiger partial charge is 0.382 e. The van der Waals surface area contributed by atoms with Crippen LogP contribution in [0.3, 0.4) is 0 Å². The van der Waals surface area contributed by atoms with Crippen molar-refractivity contribution in [2.24, 2.45) is 11.3 Å². The second-order valence-corrected chi connectivity index (χ2v) is 15.0. The molecule has 0 aromatic heterocycles. The maximum Gasteiger partial charge on any atom is 0.434 e. The van der Waals surface area contributed by atoms with E-state index in [9.17, 15) is 35.5 Å². The van der Waals surface area contributed by atoms with E-state index in [1.165, 1.54) is 13.8 Å². The molecule has 0 rings (SSSR count). The first-order valence-electron chi connectivity index (χ1n) is 15.6. The molecule has 5 unspecified atom stereocenters. The Labute approximate surface area is 270 Å². The molecule has 1 amide bonds. The Balaban J connectivity index is 6.07. The molecule has 0 heterocycles. The molecule has 46 heavy (non-hydrogen) atoms. The number of rotatable bonds is 20. The molecule has 276 valence electrons. The Morgan fingerprint density at radius 3 is 1.70 bits per heavy atom. The van der Waals surface area contributed by atoms with Crippen LogP contribution in [0.5, 0.6) is 0 Å². The number of halogens is 8. The van der Waals surface area contributed by atoms with Gasteiger partial charge in [-0.05, 0) is 80.1 Å². The lowest BCUT2D eigenvalue weighted by Gasteiger charge is -2.45. The zero-order chi connectivity index (χ0) is 36.8. The van der Waals surface area contributed by atoms with Gasteiger partial charge in [-0.3, -0.25) is 4.79 Å². The first kappa shape index (κ1) is 44.8. The van der Waals surface area contributed by atoms with Gasteiger partial charge in [0.25, 0.3) is 5.91 Å². The van der Waals surface area contributed by atoms with Crippen LogP contribution in [0.1, 0.15) is 109 Å². The summed E-state index contributed by atoms with van der Waals surface area (Å²) in [6, 6.07) is 0. The third-order valence-electron chi connectivity index (χ3n) is 8.25. The predicted octanol–water partition coefficient (Wildman–Crippen LogP) is 8.70. The minimum absolute atomic E-state index is 0.0241. The fourth-order valence-electron chi connectivity index (χ4n) is 5.64. The Hall–Kier alpha value is -1.25. The summed E-state index contributed by atoms with van der Waals surface area (Å²) in [7, 11) is 1.55. The van der Waals surface area contributed by atoms with Crippen molar-refractivity contribution in [2.75, 3.05) is 26.9 Å². The van der Waals surface area contributed by atoms with Gasteiger partial charge in [-0.2, -0.15) is 26.3 Å². The van der Waals surface area contributed by atoms with Crippen LogP contribution >= 0.6 is 0 Å². The number of hydrogen-bond donors (Lipinski definition) is 1. The largest absolute Gasteiger partial charge is 0.434 e. The molecule has 0 bridgehead atoms. The maximum atomic E-state index is 16.3. The average molecular weight is 688 g/mol. The van der Waals surface area contributed by atoms with E-state index in [0.717, 1.165) is 13.8 Å². The van der Waals surface area contributed by atoms with Gasteiger partial charge in [-0.15, -0.1) is 0 Å². The lowest BCUT2D eigenvalue weighted by Crippen LogP contribution is -2.69. The highest BCUT2D eigenvalue weighted by Gasteiger charge is 2.72. The van der Waals surface area contributed by atoms with Crippen LogP contribution in [0.15, 0.2) is 0 Å². The van der Waals surface area contributed by atoms with Crippen molar-refractivity contribution in [2.45, 2.75) is 161 Å². The summed E-state index contributed by atoms with van der Waals surface area (Å²) >= 11 is 0. The van der Waals surface area contributed by atoms with Gasteiger partial charge in [0.2, 0.25) is 0 Å².